The summed E-state index contributed by atoms with van der Waals surface area (Å²) in [5, 5.41) is 0. The minimum atomic E-state index is 0. The molecular weight excluding hydrogens is 180 g/mol. The molecule has 0 spiro atoms. The largest absolute Gasteiger partial charge is 3.00 e. The minimum Gasteiger partial charge on any atom is -0.273 e. The Bertz CT molecular complexity index is 116. The third kappa shape index (κ3) is 34.2. The van der Waals surface area contributed by atoms with E-state index in [1.807, 2.05) is 12.2 Å². The smallest absolute Gasteiger partial charge is 0.273 e. The molecule has 1 aliphatic rings. The predicted octanol–water partition coefficient (Wildman–Crippen LogP) is 3.32. The van der Waals surface area contributed by atoms with E-state index in [1.165, 1.54) is 12.2 Å². The zero-order chi connectivity index (χ0) is 8.95. The zero-order valence-electron chi connectivity index (χ0n) is 7.42. The van der Waals surface area contributed by atoms with Gasteiger partial charge in [-0.05, 0) is 0 Å². The standard InChI is InChI=1S/C5H5.2C3H5.Ti/c1-2-4-5-3-1;2*1-3-2;/h1-3H,4H2;2*3H,1-2H2;/q3*-1;+3. The van der Waals surface area contributed by atoms with Crippen LogP contribution in [0.1, 0.15) is 6.42 Å². The summed E-state index contributed by atoms with van der Waals surface area (Å²) < 4.78 is 0. The van der Waals surface area contributed by atoms with Crippen LogP contribution in [0.4, 0.5) is 0 Å². The first-order chi connectivity index (χ1) is 5.33. The van der Waals surface area contributed by atoms with E-state index in [0.717, 1.165) is 6.42 Å². The molecule has 12 heavy (non-hydrogen) atoms. The Labute approximate surface area is 91.6 Å². The molecule has 0 bridgehead atoms. The topological polar surface area (TPSA) is 0 Å². The SMILES string of the molecule is C=C[CH2-].C=C[CH2-].[C-]1=CC=CC1.[Ti+3]. The molecule has 1 radical (unpaired) electrons. The van der Waals surface area contributed by atoms with Crippen LogP contribution in [0.15, 0.2) is 43.5 Å². The van der Waals surface area contributed by atoms with Crippen molar-refractivity contribution in [2.45, 2.75) is 6.42 Å². The third-order valence-corrected chi connectivity index (χ3v) is 0.586. The summed E-state index contributed by atoms with van der Waals surface area (Å²) in [6.07, 6.45) is 13.0. The molecule has 0 N–H and O–H groups in total. The van der Waals surface area contributed by atoms with Crippen LogP contribution >= 0.6 is 0 Å². The Balaban J connectivity index is -0.000000104. The van der Waals surface area contributed by atoms with Gasteiger partial charge in [-0.25, -0.2) is 51.3 Å². The van der Waals surface area contributed by atoms with Crippen LogP contribution in [0.25, 0.3) is 0 Å². The summed E-state index contributed by atoms with van der Waals surface area (Å²) in [7, 11) is 0. The molecule has 0 unspecified atom stereocenters. The van der Waals surface area contributed by atoms with E-state index in [0.29, 0.717) is 0 Å². The molecule has 63 valence electrons. The van der Waals surface area contributed by atoms with Gasteiger partial charge in [0.15, 0.2) is 0 Å². The molecule has 0 heterocycles. The van der Waals surface area contributed by atoms with Gasteiger partial charge < -0.3 is 0 Å². The monoisotopic (exact) mass is 195 g/mol. The fourth-order valence-corrected chi connectivity index (χ4v) is 0.340. The first kappa shape index (κ1) is 17.5. The Hall–Kier alpha value is -0.586. The van der Waals surface area contributed by atoms with Crippen molar-refractivity contribution in [2.75, 3.05) is 0 Å². The summed E-state index contributed by atoms with van der Waals surface area (Å²) in [6, 6.07) is 0. The fourth-order valence-electron chi connectivity index (χ4n) is 0.340. The molecule has 1 heteroatoms. The Morgan fingerprint density at radius 2 is 1.67 bits per heavy atom. The summed E-state index contributed by atoms with van der Waals surface area (Å²) in [5.41, 5.74) is 0. The number of hydrogen-bond donors (Lipinski definition) is 0. The van der Waals surface area contributed by atoms with Gasteiger partial charge in [0.05, 0.1) is 0 Å². The van der Waals surface area contributed by atoms with Crippen molar-refractivity contribution in [1.29, 1.82) is 0 Å². The molecule has 0 saturated carbocycles. The van der Waals surface area contributed by atoms with Crippen molar-refractivity contribution in [1.82, 2.24) is 0 Å². The normalized spacial score (nSPS) is 9.33. The molecule has 0 fully saturated rings. The second kappa shape index (κ2) is 22.4. The fraction of sp³-hybridized carbons (Fsp3) is 0.0909. The molecule has 0 amide bonds. The molecule has 0 aromatic heterocycles. The molecular formula is C11H15Ti. The van der Waals surface area contributed by atoms with E-state index in [2.05, 4.69) is 39.2 Å². The zero-order valence-corrected chi connectivity index (χ0v) is 8.98. The average molecular weight is 195 g/mol. The van der Waals surface area contributed by atoms with Crippen LogP contribution in [-0.2, 0) is 21.7 Å². The van der Waals surface area contributed by atoms with E-state index >= 15 is 0 Å². The van der Waals surface area contributed by atoms with E-state index < -0.39 is 0 Å². The number of rotatable bonds is 0. The van der Waals surface area contributed by atoms with Crippen molar-refractivity contribution in [3.05, 3.63) is 63.5 Å². The first-order valence-electron chi connectivity index (χ1n) is 3.35. The minimum absolute atomic E-state index is 0. The van der Waals surface area contributed by atoms with Crippen LogP contribution in [0.5, 0.6) is 0 Å². The van der Waals surface area contributed by atoms with Gasteiger partial charge in [-0.1, -0.05) is 0 Å². The molecule has 1 rings (SSSR count). The summed E-state index contributed by atoms with van der Waals surface area (Å²) in [5.74, 6) is 0. The Kier molecular flexibility index (Phi) is 32.7. The van der Waals surface area contributed by atoms with Gasteiger partial charge in [-0.3, -0.25) is 6.08 Å². The van der Waals surface area contributed by atoms with Crippen LogP contribution in [0.2, 0.25) is 0 Å². The molecule has 1 aliphatic carbocycles. The molecule has 0 aliphatic heterocycles. The van der Waals surface area contributed by atoms with Gasteiger partial charge in [0.25, 0.3) is 0 Å². The van der Waals surface area contributed by atoms with Gasteiger partial charge in [0.1, 0.15) is 0 Å². The first-order valence-corrected chi connectivity index (χ1v) is 3.35. The van der Waals surface area contributed by atoms with Gasteiger partial charge in [0, 0.05) is 0 Å². The van der Waals surface area contributed by atoms with E-state index in [1.54, 1.807) is 0 Å². The van der Waals surface area contributed by atoms with Crippen molar-refractivity contribution < 1.29 is 21.7 Å². The molecule has 0 atom stereocenters. The van der Waals surface area contributed by atoms with Crippen molar-refractivity contribution in [3.63, 3.8) is 0 Å². The van der Waals surface area contributed by atoms with Crippen LogP contribution < -0.4 is 0 Å². The van der Waals surface area contributed by atoms with Crippen LogP contribution in [0, 0.1) is 19.9 Å². The maximum absolute atomic E-state index is 3.25. The summed E-state index contributed by atoms with van der Waals surface area (Å²) in [4.78, 5) is 0. The van der Waals surface area contributed by atoms with E-state index in [4.69, 9.17) is 0 Å². The number of hydrogen-bond acceptors (Lipinski definition) is 0. The summed E-state index contributed by atoms with van der Waals surface area (Å²) >= 11 is 0. The van der Waals surface area contributed by atoms with E-state index in [9.17, 15) is 0 Å². The third-order valence-electron chi connectivity index (χ3n) is 0.586. The number of allylic oxidation sites excluding steroid dienone is 6. The maximum atomic E-state index is 3.25. The molecule has 0 nitrogen and oxygen atoms in total. The van der Waals surface area contributed by atoms with Gasteiger partial charge in [-0.2, -0.15) is 6.08 Å². The average Bonchev–Trinajstić information content (AvgIpc) is 2.44. The molecule has 0 aromatic rings. The Morgan fingerprint density at radius 3 is 1.75 bits per heavy atom. The summed E-state index contributed by atoms with van der Waals surface area (Å²) in [6.45, 7) is 13.0. The maximum Gasteiger partial charge on any atom is 3.00 e. The van der Waals surface area contributed by atoms with Gasteiger partial charge in [-0.15, -0.1) is 6.42 Å². The van der Waals surface area contributed by atoms with Gasteiger partial charge in [0.2, 0.25) is 0 Å². The predicted molar refractivity (Wildman–Crippen MR) is 52.7 cm³/mol. The van der Waals surface area contributed by atoms with Crippen molar-refractivity contribution in [3.8, 4) is 0 Å². The molecule has 0 aromatic carbocycles. The van der Waals surface area contributed by atoms with Crippen LogP contribution in [0.3, 0.4) is 0 Å². The van der Waals surface area contributed by atoms with Crippen LogP contribution in [-0.4, -0.2) is 0 Å². The van der Waals surface area contributed by atoms with Crippen molar-refractivity contribution in [2.24, 2.45) is 0 Å². The second-order valence-electron chi connectivity index (χ2n) is 1.58. The Morgan fingerprint density at radius 1 is 1.25 bits per heavy atom. The molecule has 0 saturated heterocycles. The van der Waals surface area contributed by atoms with Gasteiger partial charge >= 0.3 is 21.7 Å². The van der Waals surface area contributed by atoms with E-state index in [-0.39, 0.29) is 21.7 Å². The van der Waals surface area contributed by atoms with Crippen molar-refractivity contribution >= 4 is 0 Å². The quantitative estimate of drug-likeness (QED) is 0.411. The second-order valence-corrected chi connectivity index (χ2v) is 1.58.